The van der Waals surface area contributed by atoms with Crippen molar-refractivity contribution in [2.75, 3.05) is 0 Å². The van der Waals surface area contributed by atoms with E-state index in [0.29, 0.717) is 0 Å². The summed E-state index contributed by atoms with van der Waals surface area (Å²) < 4.78 is 36.8. The van der Waals surface area contributed by atoms with E-state index in [4.69, 9.17) is 0 Å². The summed E-state index contributed by atoms with van der Waals surface area (Å²) in [6, 6.07) is 7.13. The zero-order chi connectivity index (χ0) is 13.4. The van der Waals surface area contributed by atoms with Crippen LogP contribution in [-0.4, -0.2) is 17.3 Å². The molecule has 1 aromatic carbocycles. The van der Waals surface area contributed by atoms with Crippen molar-refractivity contribution in [3.8, 4) is 0 Å². The Morgan fingerprint density at radius 2 is 1.72 bits per heavy atom. The molecule has 1 N–H and O–H groups in total. The molecular formula is C13H13F3O2. The number of benzene rings is 1. The summed E-state index contributed by atoms with van der Waals surface area (Å²) in [6.07, 6.45) is -5.34. The normalized spacial score (nSPS) is 17.5. The maximum absolute atomic E-state index is 12.3. The van der Waals surface area contributed by atoms with Gasteiger partial charge < -0.3 is 5.11 Å². The molecule has 0 fully saturated rings. The van der Waals surface area contributed by atoms with Gasteiger partial charge in [-0.15, -0.1) is 0 Å². The SMILES string of the molecule is O=C(O)C1(CCC(F)(F)F)Cc2ccccc2C1. The highest BCUT2D eigenvalue weighted by atomic mass is 19.4. The Morgan fingerprint density at radius 3 is 2.11 bits per heavy atom. The monoisotopic (exact) mass is 258 g/mol. The van der Waals surface area contributed by atoms with Crippen LogP contribution in [0.5, 0.6) is 0 Å². The van der Waals surface area contributed by atoms with E-state index in [9.17, 15) is 23.1 Å². The Morgan fingerprint density at radius 1 is 1.22 bits per heavy atom. The van der Waals surface area contributed by atoms with E-state index in [0.717, 1.165) is 11.1 Å². The second-order valence-electron chi connectivity index (χ2n) is 4.82. The molecule has 2 nitrogen and oxygen atoms in total. The van der Waals surface area contributed by atoms with E-state index >= 15 is 0 Å². The number of halogens is 3. The number of aliphatic carboxylic acids is 1. The number of carboxylic acid groups (broad SMARTS) is 1. The third kappa shape index (κ3) is 2.49. The maximum Gasteiger partial charge on any atom is 0.389 e. The summed E-state index contributed by atoms with van der Waals surface area (Å²) in [5, 5.41) is 9.27. The zero-order valence-corrected chi connectivity index (χ0v) is 9.63. The van der Waals surface area contributed by atoms with Gasteiger partial charge in [-0.05, 0) is 30.4 Å². The molecule has 0 saturated carbocycles. The fourth-order valence-electron chi connectivity index (χ4n) is 2.51. The van der Waals surface area contributed by atoms with Gasteiger partial charge in [0.15, 0.2) is 0 Å². The van der Waals surface area contributed by atoms with Gasteiger partial charge in [0.05, 0.1) is 5.41 Å². The lowest BCUT2D eigenvalue weighted by atomic mass is 9.80. The van der Waals surface area contributed by atoms with Crippen molar-refractivity contribution in [1.82, 2.24) is 0 Å². The van der Waals surface area contributed by atoms with Crippen LogP contribution >= 0.6 is 0 Å². The van der Waals surface area contributed by atoms with Gasteiger partial charge in [0.2, 0.25) is 0 Å². The van der Waals surface area contributed by atoms with Crippen LogP contribution < -0.4 is 0 Å². The molecule has 2 rings (SSSR count). The Balaban J connectivity index is 2.20. The van der Waals surface area contributed by atoms with E-state index < -0.39 is 24.0 Å². The number of rotatable bonds is 3. The molecule has 5 heteroatoms. The number of fused-ring (bicyclic) bond motifs is 1. The number of alkyl halides is 3. The quantitative estimate of drug-likeness (QED) is 0.904. The van der Waals surface area contributed by atoms with Crippen molar-refractivity contribution in [3.63, 3.8) is 0 Å². The van der Waals surface area contributed by atoms with E-state index in [-0.39, 0.29) is 19.3 Å². The lowest BCUT2D eigenvalue weighted by Crippen LogP contribution is -2.33. The van der Waals surface area contributed by atoms with Crippen molar-refractivity contribution in [2.24, 2.45) is 5.41 Å². The van der Waals surface area contributed by atoms with Crippen LogP contribution in [0, 0.1) is 5.41 Å². The first-order valence-electron chi connectivity index (χ1n) is 5.69. The predicted octanol–water partition coefficient (Wildman–Crippen LogP) is 3.20. The Kier molecular flexibility index (Phi) is 3.09. The standard InChI is InChI=1S/C13H13F3O2/c14-13(15,16)6-5-12(11(17)18)7-9-3-1-2-4-10(9)8-12/h1-4H,5-8H2,(H,17,18). The van der Waals surface area contributed by atoms with Gasteiger partial charge in [-0.25, -0.2) is 0 Å². The number of carbonyl (C=O) groups is 1. The van der Waals surface area contributed by atoms with Crippen LogP contribution in [0.15, 0.2) is 24.3 Å². The number of hydrogen-bond donors (Lipinski definition) is 1. The number of carboxylic acids is 1. The van der Waals surface area contributed by atoms with Gasteiger partial charge in [-0.3, -0.25) is 4.79 Å². The van der Waals surface area contributed by atoms with Crippen molar-refractivity contribution in [1.29, 1.82) is 0 Å². The lowest BCUT2D eigenvalue weighted by Gasteiger charge is -2.24. The fourth-order valence-corrected chi connectivity index (χ4v) is 2.51. The Hall–Kier alpha value is -1.52. The summed E-state index contributed by atoms with van der Waals surface area (Å²) in [5.74, 6) is -1.14. The van der Waals surface area contributed by atoms with Crippen LogP contribution in [0.2, 0.25) is 0 Å². The number of hydrogen-bond acceptors (Lipinski definition) is 1. The highest BCUT2D eigenvalue weighted by Gasteiger charge is 2.46. The van der Waals surface area contributed by atoms with E-state index in [1.54, 1.807) is 24.3 Å². The summed E-state index contributed by atoms with van der Waals surface area (Å²) in [5.41, 5.74) is 0.406. The van der Waals surface area contributed by atoms with Crippen molar-refractivity contribution >= 4 is 5.97 Å². The molecule has 0 aliphatic heterocycles. The first-order valence-corrected chi connectivity index (χ1v) is 5.69. The molecule has 0 bridgehead atoms. The van der Waals surface area contributed by atoms with Crippen LogP contribution in [0.4, 0.5) is 13.2 Å². The summed E-state index contributed by atoms with van der Waals surface area (Å²) in [7, 11) is 0. The van der Waals surface area contributed by atoms with Crippen LogP contribution in [0.25, 0.3) is 0 Å². The second-order valence-corrected chi connectivity index (χ2v) is 4.82. The third-order valence-electron chi connectivity index (χ3n) is 3.52. The van der Waals surface area contributed by atoms with Crippen LogP contribution in [0.1, 0.15) is 24.0 Å². The van der Waals surface area contributed by atoms with Crippen LogP contribution in [0.3, 0.4) is 0 Å². The molecule has 0 heterocycles. The first-order chi connectivity index (χ1) is 8.32. The Labute approximate surface area is 102 Å². The predicted molar refractivity (Wildman–Crippen MR) is 59.2 cm³/mol. The molecule has 0 atom stereocenters. The Bertz CT molecular complexity index is 441. The third-order valence-corrected chi connectivity index (χ3v) is 3.52. The molecule has 0 unspecified atom stereocenters. The summed E-state index contributed by atoms with van der Waals surface area (Å²) >= 11 is 0. The highest BCUT2D eigenvalue weighted by molar-refractivity contribution is 5.77. The van der Waals surface area contributed by atoms with Gasteiger partial charge in [0.25, 0.3) is 0 Å². The maximum atomic E-state index is 12.3. The minimum absolute atomic E-state index is 0.189. The van der Waals surface area contributed by atoms with Gasteiger partial charge in [-0.2, -0.15) is 13.2 Å². The molecule has 0 spiro atoms. The largest absolute Gasteiger partial charge is 0.481 e. The van der Waals surface area contributed by atoms with E-state index in [2.05, 4.69) is 0 Å². The van der Waals surface area contributed by atoms with Crippen molar-refractivity contribution in [3.05, 3.63) is 35.4 Å². The van der Waals surface area contributed by atoms with Crippen LogP contribution in [-0.2, 0) is 17.6 Å². The molecular weight excluding hydrogens is 245 g/mol. The smallest absolute Gasteiger partial charge is 0.389 e. The second kappa shape index (κ2) is 4.30. The average molecular weight is 258 g/mol. The van der Waals surface area contributed by atoms with E-state index in [1.807, 2.05) is 0 Å². The molecule has 0 radical (unpaired) electrons. The molecule has 98 valence electrons. The fraction of sp³-hybridized carbons (Fsp3) is 0.462. The molecule has 1 aliphatic rings. The lowest BCUT2D eigenvalue weighted by molar-refractivity contribution is -0.157. The molecule has 18 heavy (non-hydrogen) atoms. The van der Waals surface area contributed by atoms with Crippen molar-refractivity contribution < 1.29 is 23.1 Å². The molecule has 0 amide bonds. The van der Waals surface area contributed by atoms with Gasteiger partial charge in [0.1, 0.15) is 0 Å². The summed E-state index contributed by atoms with van der Waals surface area (Å²) in [6.45, 7) is 0. The van der Waals surface area contributed by atoms with Gasteiger partial charge >= 0.3 is 12.1 Å². The van der Waals surface area contributed by atoms with Crippen molar-refractivity contribution in [2.45, 2.75) is 31.9 Å². The molecule has 0 saturated heterocycles. The first kappa shape index (κ1) is 12.9. The average Bonchev–Trinajstić information content (AvgIpc) is 2.65. The minimum atomic E-state index is -4.31. The molecule has 0 aromatic heterocycles. The van der Waals surface area contributed by atoms with Gasteiger partial charge in [-0.1, -0.05) is 24.3 Å². The van der Waals surface area contributed by atoms with E-state index in [1.165, 1.54) is 0 Å². The zero-order valence-electron chi connectivity index (χ0n) is 9.63. The minimum Gasteiger partial charge on any atom is -0.481 e. The molecule has 1 aromatic rings. The molecule has 1 aliphatic carbocycles. The summed E-state index contributed by atoms with van der Waals surface area (Å²) in [4.78, 5) is 11.3. The van der Waals surface area contributed by atoms with Gasteiger partial charge in [0, 0.05) is 6.42 Å². The highest BCUT2D eigenvalue weighted by Crippen LogP contribution is 2.42. The topological polar surface area (TPSA) is 37.3 Å².